The first-order chi connectivity index (χ1) is 10.3. The zero-order chi connectivity index (χ0) is 16.3. The van der Waals surface area contributed by atoms with Crippen LogP contribution < -0.4 is 4.74 Å². The molecule has 1 N–H and O–H groups in total. The molecule has 3 nitrogen and oxygen atoms in total. The summed E-state index contributed by atoms with van der Waals surface area (Å²) in [5, 5.41) is 8.90. The van der Waals surface area contributed by atoms with E-state index in [-0.39, 0.29) is 11.0 Å². The molecule has 0 aliphatic carbocycles. The number of ether oxygens (including phenoxy) is 1. The molecule has 0 radical (unpaired) electrons. The van der Waals surface area contributed by atoms with Crippen molar-refractivity contribution in [2.75, 3.05) is 0 Å². The van der Waals surface area contributed by atoms with Crippen LogP contribution in [0.1, 0.15) is 42.3 Å². The first-order valence-electron chi connectivity index (χ1n) is 7.02. The van der Waals surface area contributed by atoms with Gasteiger partial charge in [-0.05, 0) is 41.3 Å². The second-order valence-electron chi connectivity index (χ2n) is 6.18. The van der Waals surface area contributed by atoms with Gasteiger partial charge < -0.3 is 9.84 Å². The van der Waals surface area contributed by atoms with Crippen molar-refractivity contribution < 1.29 is 14.6 Å². The van der Waals surface area contributed by atoms with E-state index < -0.39 is 5.97 Å². The Morgan fingerprint density at radius 1 is 1.14 bits per heavy atom. The summed E-state index contributed by atoms with van der Waals surface area (Å²) >= 11 is 3.50. The summed E-state index contributed by atoms with van der Waals surface area (Å²) in [7, 11) is 0. The van der Waals surface area contributed by atoms with E-state index in [1.165, 1.54) is 0 Å². The third-order valence-corrected chi connectivity index (χ3v) is 3.84. The second-order valence-corrected chi connectivity index (χ2v) is 7.10. The highest BCUT2D eigenvalue weighted by Gasteiger charge is 2.19. The zero-order valence-corrected chi connectivity index (χ0v) is 14.5. The summed E-state index contributed by atoms with van der Waals surface area (Å²) in [5.74, 6) is -0.0755. The number of halogens is 1. The topological polar surface area (TPSA) is 46.5 Å². The molecule has 0 saturated heterocycles. The normalized spacial score (nSPS) is 11.3. The molecule has 116 valence electrons. The molecule has 0 amide bonds. The van der Waals surface area contributed by atoms with Crippen LogP contribution in [0.5, 0.6) is 5.75 Å². The molecule has 0 spiro atoms. The van der Waals surface area contributed by atoms with Crippen molar-refractivity contribution >= 4 is 21.9 Å². The van der Waals surface area contributed by atoms with E-state index in [2.05, 4.69) is 42.8 Å². The summed E-state index contributed by atoms with van der Waals surface area (Å²) in [6, 6.07) is 12.7. The Hall–Kier alpha value is -1.81. The lowest BCUT2D eigenvalue weighted by Gasteiger charge is -2.23. The number of aromatic carboxylic acids is 1. The Balaban J connectivity index is 2.16. The molecule has 2 rings (SSSR count). The summed E-state index contributed by atoms with van der Waals surface area (Å²) in [5.41, 5.74) is 2.33. The fourth-order valence-corrected chi connectivity index (χ4v) is 2.48. The van der Waals surface area contributed by atoms with Crippen LogP contribution in [0, 0.1) is 0 Å². The van der Waals surface area contributed by atoms with E-state index in [4.69, 9.17) is 9.84 Å². The molecule has 0 atom stereocenters. The molecule has 0 aliphatic rings. The van der Waals surface area contributed by atoms with Gasteiger partial charge in [0.15, 0.2) is 0 Å². The number of benzene rings is 2. The van der Waals surface area contributed by atoms with Gasteiger partial charge in [-0.3, -0.25) is 0 Å². The molecule has 2 aromatic rings. The maximum atomic E-state index is 10.8. The Bertz CT molecular complexity index is 670. The van der Waals surface area contributed by atoms with Crippen molar-refractivity contribution in [1.82, 2.24) is 0 Å². The van der Waals surface area contributed by atoms with Crippen LogP contribution in [0.15, 0.2) is 46.9 Å². The highest BCUT2D eigenvalue weighted by atomic mass is 79.9. The van der Waals surface area contributed by atoms with E-state index in [1.807, 2.05) is 12.1 Å². The Morgan fingerprint density at radius 2 is 1.77 bits per heavy atom. The van der Waals surface area contributed by atoms with Crippen LogP contribution in [0.3, 0.4) is 0 Å². The van der Waals surface area contributed by atoms with E-state index in [9.17, 15) is 4.79 Å². The van der Waals surface area contributed by atoms with Crippen molar-refractivity contribution in [3.05, 3.63) is 63.6 Å². The van der Waals surface area contributed by atoms with E-state index in [1.54, 1.807) is 24.3 Å². The Labute approximate surface area is 139 Å². The van der Waals surface area contributed by atoms with Gasteiger partial charge in [-0.1, -0.05) is 48.8 Å². The van der Waals surface area contributed by atoms with E-state index in [0.717, 1.165) is 21.3 Å². The fraction of sp³-hybridized carbons (Fsp3) is 0.278. The highest BCUT2D eigenvalue weighted by molar-refractivity contribution is 9.10. The van der Waals surface area contributed by atoms with Crippen LogP contribution in [-0.4, -0.2) is 11.1 Å². The molecule has 0 aromatic heterocycles. The smallest absolute Gasteiger partial charge is 0.335 e. The van der Waals surface area contributed by atoms with Crippen LogP contribution >= 0.6 is 15.9 Å². The minimum atomic E-state index is -0.921. The number of carbonyl (C=O) groups is 1. The summed E-state index contributed by atoms with van der Waals surface area (Å²) in [4.78, 5) is 10.8. The van der Waals surface area contributed by atoms with Gasteiger partial charge in [-0.2, -0.15) is 0 Å². The summed E-state index contributed by atoms with van der Waals surface area (Å²) in [6.07, 6.45) is 0. The molecular formula is C18H19BrO3. The quantitative estimate of drug-likeness (QED) is 0.829. The standard InChI is InChI=1S/C18H19BrO3/c1-18(2,3)15-10-14(19)8-9-16(15)22-11-12-4-6-13(7-5-12)17(20)21/h4-10H,11H2,1-3H3,(H,20,21). The second kappa shape index (κ2) is 6.53. The number of carboxylic acid groups (broad SMARTS) is 1. The lowest BCUT2D eigenvalue weighted by Crippen LogP contribution is -2.13. The van der Waals surface area contributed by atoms with Crippen molar-refractivity contribution in [2.45, 2.75) is 32.8 Å². The number of carboxylic acids is 1. The molecule has 0 saturated carbocycles. The van der Waals surface area contributed by atoms with Gasteiger partial charge in [0.25, 0.3) is 0 Å². The van der Waals surface area contributed by atoms with Crippen molar-refractivity contribution in [3.63, 3.8) is 0 Å². The first-order valence-corrected chi connectivity index (χ1v) is 7.82. The third kappa shape index (κ3) is 4.10. The monoisotopic (exact) mass is 362 g/mol. The Morgan fingerprint density at radius 3 is 2.32 bits per heavy atom. The maximum absolute atomic E-state index is 10.8. The van der Waals surface area contributed by atoms with Crippen molar-refractivity contribution in [3.8, 4) is 5.75 Å². The number of hydrogen-bond acceptors (Lipinski definition) is 2. The van der Waals surface area contributed by atoms with Gasteiger partial charge >= 0.3 is 5.97 Å². The molecule has 22 heavy (non-hydrogen) atoms. The predicted octanol–water partition coefficient (Wildman–Crippen LogP) is 5.02. The lowest BCUT2D eigenvalue weighted by atomic mass is 9.86. The summed E-state index contributed by atoms with van der Waals surface area (Å²) in [6.45, 7) is 6.83. The molecule has 2 aromatic carbocycles. The molecule has 0 fully saturated rings. The third-order valence-electron chi connectivity index (χ3n) is 3.34. The molecule has 0 bridgehead atoms. The SMILES string of the molecule is CC(C)(C)c1cc(Br)ccc1OCc1ccc(C(=O)O)cc1. The van der Waals surface area contributed by atoms with E-state index in [0.29, 0.717) is 6.61 Å². The maximum Gasteiger partial charge on any atom is 0.335 e. The fourth-order valence-electron chi connectivity index (χ4n) is 2.12. The van der Waals surface area contributed by atoms with Crippen LogP contribution in [-0.2, 0) is 12.0 Å². The van der Waals surface area contributed by atoms with Crippen LogP contribution in [0.25, 0.3) is 0 Å². The molecule has 0 heterocycles. The van der Waals surface area contributed by atoms with Gasteiger partial charge in [-0.15, -0.1) is 0 Å². The highest BCUT2D eigenvalue weighted by Crippen LogP contribution is 2.34. The molecular weight excluding hydrogens is 344 g/mol. The number of rotatable bonds is 4. The Kier molecular flexibility index (Phi) is 4.91. The molecule has 0 unspecified atom stereocenters. The summed E-state index contributed by atoms with van der Waals surface area (Å²) < 4.78 is 6.96. The minimum Gasteiger partial charge on any atom is -0.489 e. The van der Waals surface area contributed by atoms with Gasteiger partial charge in [-0.25, -0.2) is 4.79 Å². The predicted molar refractivity (Wildman–Crippen MR) is 90.6 cm³/mol. The van der Waals surface area contributed by atoms with Crippen molar-refractivity contribution in [2.24, 2.45) is 0 Å². The van der Waals surface area contributed by atoms with Gasteiger partial charge in [0.1, 0.15) is 12.4 Å². The van der Waals surface area contributed by atoms with Gasteiger partial charge in [0, 0.05) is 10.0 Å². The van der Waals surface area contributed by atoms with Crippen molar-refractivity contribution in [1.29, 1.82) is 0 Å². The average molecular weight is 363 g/mol. The lowest BCUT2D eigenvalue weighted by molar-refractivity contribution is 0.0697. The molecule has 4 heteroatoms. The van der Waals surface area contributed by atoms with Crippen LogP contribution in [0.4, 0.5) is 0 Å². The van der Waals surface area contributed by atoms with Gasteiger partial charge in [0.05, 0.1) is 5.56 Å². The zero-order valence-electron chi connectivity index (χ0n) is 12.9. The van der Waals surface area contributed by atoms with Gasteiger partial charge in [0.2, 0.25) is 0 Å². The first kappa shape index (κ1) is 16.6. The largest absolute Gasteiger partial charge is 0.489 e. The average Bonchev–Trinajstić information content (AvgIpc) is 2.45. The molecule has 0 aliphatic heterocycles. The number of hydrogen-bond donors (Lipinski definition) is 1. The van der Waals surface area contributed by atoms with E-state index >= 15 is 0 Å². The minimum absolute atomic E-state index is 0.0215. The van der Waals surface area contributed by atoms with Crippen LogP contribution in [0.2, 0.25) is 0 Å².